The Bertz CT molecular complexity index is 181. The highest BCUT2D eigenvalue weighted by molar-refractivity contribution is 5.79. The largest absolute Gasteiger partial charge is 0.381 e. The molecule has 5 N–H and O–H groups in total. The molecular formula is C9H19N3O2. The van der Waals surface area contributed by atoms with Crippen LogP contribution < -0.4 is 16.8 Å². The monoisotopic (exact) mass is 201 g/mol. The van der Waals surface area contributed by atoms with Crippen LogP contribution in [0.25, 0.3) is 0 Å². The molecule has 0 aliphatic carbocycles. The number of nitrogens with two attached hydrogens (primary N) is 2. The van der Waals surface area contributed by atoms with E-state index in [2.05, 4.69) is 5.32 Å². The van der Waals surface area contributed by atoms with Crippen molar-refractivity contribution in [1.82, 2.24) is 5.32 Å². The molecule has 1 aliphatic heterocycles. The smallest absolute Gasteiger partial charge is 0.235 e. The Kier molecular flexibility index (Phi) is 4.86. The van der Waals surface area contributed by atoms with Crippen LogP contribution in [0.4, 0.5) is 0 Å². The number of carbonyl (C=O) groups is 1. The van der Waals surface area contributed by atoms with Crippen LogP contribution in [-0.2, 0) is 9.53 Å². The number of primary amides is 1. The predicted molar refractivity (Wildman–Crippen MR) is 53.6 cm³/mol. The van der Waals surface area contributed by atoms with Crippen molar-refractivity contribution < 1.29 is 9.53 Å². The third-order valence-electron chi connectivity index (χ3n) is 2.50. The lowest BCUT2D eigenvalue weighted by molar-refractivity contribution is -0.119. The van der Waals surface area contributed by atoms with E-state index in [1.807, 2.05) is 0 Å². The van der Waals surface area contributed by atoms with E-state index in [9.17, 15) is 4.79 Å². The minimum absolute atomic E-state index is 0.454. The Morgan fingerprint density at radius 2 is 2.14 bits per heavy atom. The highest BCUT2D eigenvalue weighted by atomic mass is 16.5. The molecule has 1 rings (SSSR count). The van der Waals surface area contributed by atoms with Gasteiger partial charge in [0, 0.05) is 19.8 Å². The van der Waals surface area contributed by atoms with Crippen LogP contribution in [0.3, 0.4) is 0 Å². The first-order valence-corrected chi connectivity index (χ1v) is 5.03. The normalized spacial score (nSPS) is 20.6. The number of amides is 1. The number of hydrogen-bond acceptors (Lipinski definition) is 4. The maximum absolute atomic E-state index is 10.6. The van der Waals surface area contributed by atoms with E-state index in [1.54, 1.807) is 0 Å². The fraction of sp³-hybridized carbons (Fsp3) is 0.889. The Morgan fingerprint density at radius 3 is 2.71 bits per heavy atom. The zero-order chi connectivity index (χ0) is 10.4. The van der Waals surface area contributed by atoms with Crippen molar-refractivity contribution in [2.24, 2.45) is 17.4 Å². The van der Waals surface area contributed by atoms with Gasteiger partial charge >= 0.3 is 0 Å². The molecule has 1 atom stereocenters. The van der Waals surface area contributed by atoms with Gasteiger partial charge in [-0.25, -0.2) is 0 Å². The first-order valence-electron chi connectivity index (χ1n) is 5.03. The fourth-order valence-corrected chi connectivity index (χ4v) is 1.49. The van der Waals surface area contributed by atoms with E-state index in [1.165, 1.54) is 0 Å². The van der Waals surface area contributed by atoms with E-state index in [-0.39, 0.29) is 0 Å². The maximum atomic E-state index is 10.6. The third-order valence-corrected chi connectivity index (χ3v) is 2.50. The van der Waals surface area contributed by atoms with Gasteiger partial charge < -0.3 is 21.5 Å². The van der Waals surface area contributed by atoms with Gasteiger partial charge in [0.1, 0.15) is 0 Å². The number of carbonyl (C=O) groups excluding carboxylic acids is 1. The van der Waals surface area contributed by atoms with E-state index in [0.29, 0.717) is 12.5 Å². The van der Waals surface area contributed by atoms with Gasteiger partial charge in [-0.2, -0.15) is 0 Å². The van der Waals surface area contributed by atoms with Gasteiger partial charge in [-0.1, -0.05) is 0 Å². The van der Waals surface area contributed by atoms with E-state index < -0.39 is 11.9 Å². The zero-order valence-electron chi connectivity index (χ0n) is 8.37. The molecule has 14 heavy (non-hydrogen) atoms. The second-order valence-electron chi connectivity index (χ2n) is 3.72. The van der Waals surface area contributed by atoms with Gasteiger partial charge in [0.25, 0.3) is 0 Å². The molecule has 0 bridgehead atoms. The molecule has 1 fully saturated rings. The standard InChI is InChI=1S/C9H19N3O2/c10-8(9(11)13)6-12-5-7-1-3-14-4-2-7/h7-8,12H,1-6,10H2,(H2,11,13). The Morgan fingerprint density at radius 1 is 1.50 bits per heavy atom. The number of rotatable bonds is 5. The molecule has 0 aromatic carbocycles. The van der Waals surface area contributed by atoms with Crippen molar-refractivity contribution >= 4 is 5.91 Å². The van der Waals surface area contributed by atoms with E-state index in [0.717, 1.165) is 32.6 Å². The van der Waals surface area contributed by atoms with Crippen molar-refractivity contribution in [1.29, 1.82) is 0 Å². The fourth-order valence-electron chi connectivity index (χ4n) is 1.49. The van der Waals surface area contributed by atoms with Crippen LogP contribution in [-0.4, -0.2) is 38.3 Å². The summed E-state index contributed by atoms with van der Waals surface area (Å²) in [5.74, 6) is 0.188. The minimum Gasteiger partial charge on any atom is -0.381 e. The topological polar surface area (TPSA) is 90.4 Å². The van der Waals surface area contributed by atoms with Crippen LogP contribution in [0.5, 0.6) is 0 Å². The van der Waals surface area contributed by atoms with Crippen LogP contribution in [0.1, 0.15) is 12.8 Å². The van der Waals surface area contributed by atoms with Crippen molar-refractivity contribution in [3.8, 4) is 0 Å². The lowest BCUT2D eigenvalue weighted by atomic mass is 10.0. The molecule has 1 heterocycles. The van der Waals surface area contributed by atoms with Crippen LogP contribution in [0.15, 0.2) is 0 Å². The Balaban J connectivity index is 2.05. The summed E-state index contributed by atoms with van der Waals surface area (Å²) in [5, 5.41) is 3.15. The number of hydrogen-bond donors (Lipinski definition) is 3. The lowest BCUT2D eigenvalue weighted by Crippen LogP contribution is -2.45. The summed E-state index contributed by atoms with van der Waals surface area (Å²) in [6.07, 6.45) is 2.16. The van der Waals surface area contributed by atoms with Gasteiger partial charge in [0.05, 0.1) is 6.04 Å². The average Bonchev–Trinajstić information content (AvgIpc) is 2.19. The molecule has 5 nitrogen and oxygen atoms in total. The SMILES string of the molecule is NC(=O)C(N)CNCC1CCOCC1. The van der Waals surface area contributed by atoms with Gasteiger partial charge in [-0.15, -0.1) is 0 Å². The Hall–Kier alpha value is -0.650. The van der Waals surface area contributed by atoms with E-state index in [4.69, 9.17) is 16.2 Å². The lowest BCUT2D eigenvalue weighted by Gasteiger charge is -2.22. The summed E-state index contributed by atoms with van der Waals surface area (Å²) in [5.41, 5.74) is 10.5. The third kappa shape index (κ3) is 4.04. The average molecular weight is 201 g/mol. The molecule has 0 saturated carbocycles. The molecule has 0 aromatic rings. The van der Waals surface area contributed by atoms with E-state index >= 15 is 0 Å². The second kappa shape index (κ2) is 5.95. The maximum Gasteiger partial charge on any atom is 0.235 e. The number of nitrogens with one attached hydrogen (secondary N) is 1. The summed E-state index contributed by atoms with van der Waals surface area (Å²) in [7, 11) is 0. The molecule has 0 spiro atoms. The quantitative estimate of drug-likeness (QED) is 0.522. The molecule has 1 aliphatic rings. The van der Waals surface area contributed by atoms with Crippen LogP contribution >= 0.6 is 0 Å². The first kappa shape index (κ1) is 11.4. The Labute approximate surface area is 84.2 Å². The molecule has 5 heteroatoms. The minimum atomic E-state index is -0.574. The summed E-state index contributed by atoms with van der Waals surface area (Å²) in [4.78, 5) is 10.6. The van der Waals surface area contributed by atoms with Crippen molar-refractivity contribution in [3.05, 3.63) is 0 Å². The highest BCUT2D eigenvalue weighted by Gasteiger charge is 2.14. The first-order chi connectivity index (χ1) is 6.70. The molecule has 1 saturated heterocycles. The van der Waals surface area contributed by atoms with Crippen molar-refractivity contribution in [2.75, 3.05) is 26.3 Å². The van der Waals surface area contributed by atoms with Gasteiger partial charge in [0.2, 0.25) is 5.91 Å². The summed E-state index contributed by atoms with van der Waals surface area (Å²) in [6.45, 7) is 3.04. The molecular weight excluding hydrogens is 182 g/mol. The zero-order valence-corrected chi connectivity index (χ0v) is 8.37. The van der Waals surface area contributed by atoms with Crippen LogP contribution in [0.2, 0.25) is 0 Å². The predicted octanol–water partition coefficient (Wildman–Crippen LogP) is -1.18. The molecule has 82 valence electrons. The van der Waals surface area contributed by atoms with Gasteiger partial charge in [-0.05, 0) is 25.3 Å². The second-order valence-corrected chi connectivity index (χ2v) is 3.72. The summed E-state index contributed by atoms with van der Waals surface area (Å²) >= 11 is 0. The van der Waals surface area contributed by atoms with Crippen molar-refractivity contribution in [3.63, 3.8) is 0 Å². The molecule has 0 aromatic heterocycles. The summed E-state index contributed by atoms with van der Waals surface area (Å²) < 4.78 is 5.24. The van der Waals surface area contributed by atoms with Crippen LogP contribution in [0, 0.1) is 5.92 Å². The van der Waals surface area contributed by atoms with Crippen molar-refractivity contribution in [2.45, 2.75) is 18.9 Å². The van der Waals surface area contributed by atoms with Gasteiger partial charge in [0.15, 0.2) is 0 Å². The highest BCUT2D eigenvalue weighted by Crippen LogP contribution is 2.12. The molecule has 0 radical (unpaired) electrons. The van der Waals surface area contributed by atoms with Gasteiger partial charge in [-0.3, -0.25) is 4.79 Å². The molecule has 1 amide bonds. The number of ether oxygens (including phenoxy) is 1. The molecule has 1 unspecified atom stereocenters. The summed E-state index contributed by atoms with van der Waals surface area (Å²) in [6, 6.07) is -0.574.